The molecule has 0 heterocycles. The standard InChI is InChI=1S/C15H24N2/c1-3-17(14-9-6-8-13(16)11-14)15-10-5-4-7-12(15)2/h4-5,7,10,13-14H,3,6,8-9,11,16H2,1-2H3. The molecule has 0 radical (unpaired) electrons. The first kappa shape index (κ1) is 12.4. The van der Waals surface area contributed by atoms with Crippen LogP contribution in [0, 0.1) is 6.92 Å². The van der Waals surface area contributed by atoms with Crippen LogP contribution in [0.3, 0.4) is 0 Å². The zero-order valence-corrected chi connectivity index (χ0v) is 11.0. The van der Waals surface area contributed by atoms with E-state index in [1.54, 1.807) is 0 Å². The summed E-state index contributed by atoms with van der Waals surface area (Å²) in [7, 11) is 0. The van der Waals surface area contributed by atoms with Crippen LogP contribution in [0.5, 0.6) is 0 Å². The molecular weight excluding hydrogens is 208 g/mol. The number of rotatable bonds is 3. The Balaban J connectivity index is 2.18. The van der Waals surface area contributed by atoms with E-state index in [4.69, 9.17) is 5.73 Å². The van der Waals surface area contributed by atoms with Gasteiger partial charge >= 0.3 is 0 Å². The fourth-order valence-corrected chi connectivity index (χ4v) is 2.99. The maximum absolute atomic E-state index is 6.11. The number of benzene rings is 1. The molecular formula is C15H24N2. The molecule has 1 fully saturated rings. The van der Waals surface area contributed by atoms with Crippen molar-refractivity contribution >= 4 is 5.69 Å². The topological polar surface area (TPSA) is 29.3 Å². The first-order valence-corrected chi connectivity index (χ1v) is 6.80. The highest BCUT2D eigenvalue weighted by atomic mass is 15.2. The zero-order chi connectivity index (χ0) is 12.3. The minimum Gasteiger partial charge on any atom is -0.369 e. The SMILES string of the molecule is CCN(c1ccccc1C)C1CCCC(N)C1. The molecule has 1 aliphatic rings. The zero-order valence-electron chi connectivity index (χ0n) is 11.0. The van der Waals surface area contributed by atoms with Crippen LogP contribution >= 0.6 is 0 Å². The summed E-state index contributed by atoms with van der Waals surface area (Å²) in [5, 5.41) is 0. The highest BCUT2D eigenvalue weighted by Gasteiger charge is 2.24. The third-order valence-electron chi connectivity index (χ3n) is 3.89. The van der Waals surface area contributed by atoms with E-state index < -0.39 is 0 Å². The highest BCUT2D eigenvalue weighted by molar-refractivity contribution is 5.53. The number of hydrogen-bond donors (Lipinski definition) is 1. The fraction of sp³-hybridized carbons (Fsp3) is 0.600. The summed E-state index contributed by atoms with van der Waals surface area (Å²) in [6.07, 6.45) is 4.90. The van der Waals surface area contributed by atoms with Crippen molar-refractivity contribution in [2.45, 2.75) is 51.6 Å². The summed E-state index contributed by atoms with van der Waals surface area (Å²) in [5.41, 5.74) is 8.86. The van der Waals surface area contributed by atoms with Crippen LogP contribution in [0.2, 0.25) is 0 Å². The average molecular weight is 232 g/mol. The normalized spacial score (nSPS) is 24.6. The summed E-state index contributed by atoms with van der Waals surface area (Å²) in [5.74, 6) is 0. The van der Waals surface area contributed by atoms with Gasteiger partial charge < -0.3 is 10.6 Å². The van der Waals surface area contributed by atoms with Crippen LogP contribution in [-0.2, 0) is 0 Å². The van der Waals surface area contributed by atoms with Gasteiger partial charge in [-0.3, -0.25) is 0 Å². The van der Waals surface area contributed by atoms with Gasteiger partial charge in [0, 0.05) is 24.3 Å². The Morgan fingerprint density at radius 1 is 1.29 bits per heavy atom. The second kappa shape index (κ2) is 5.54. The largest absolute Gasteiger partial charge is 0.369 e. The maximum atomic E-state index is 6.11. The molecule has 2 heteroatoms. The van der Waals surface area contributed by atoms with Crippen molar-refractivity contribution in [3.05, 3.63) is 29.8 Å². The third kappa shape index (κ3) is 2.81. The number of aryl methyl sites for hydroxylation is 1. The Morgan fingerprint density at radius 3 is 2.71 bits per heavy atom. The molecule has 0 amide bonds. The van der Waals surface area contributed by atoms with E-state index in [1.807, 2.05) is 0 Å². The van der Waals surface area contributed by atoms with Gasteiger partial charge in [-0.15, -0.1) is 0 Å². The van der Waals surface area contributed by atoms with E-state index in [0.717, 1.165) is 13.0 Å². The van der Waals surface area contributed by atoms with Crippen molar-refractivity contribution in [1.29, 1.82) is 0 Å². The van der Waals surface area contributed by atoms with Crippen LogP contribution in [0.25, 0.3) is 0 Å². The minimum absolute atomic E-state index is 0.395. The molecule has 0 saturated heterocycles. The van der Waals surface area contributed by atoms with Gasteiger partial charge in [-0.2, -0.15) is 0 Å². The smallest absolute Gasteiger partial charge is 0.0398 e. The van der Waals surface area contributed by atoms with Crippen molar-refractivity contribution < 1.29 is 0 Å². The van der Waals surface area contributed by atoms with Crippen molar-refractivity contribution in [2.24, 2.45) is 5.73 Å². The summed E-state index contributed by atoms with van der Waals surface area (Å²) in [6, 6.07) is 9.70. The van der Waals surface area contributed by atoms with Gasteiger partial charge in [0.15, 0.2) is 0 Å². The molecule has 0 aliphatic heterocycles. The van der Waals surface area contributed by atoms with Crippen LogP contribution in [0.15, 0.2) is 24.3 Å². The molecule has 0 spiro atoms. The van der Waals surface area contributed by atoms with E-state index in [2.05, 4.69) is 43.0 Å². The van der Waals surface area contributed by atoms with Crippen LogP contribution < -0.4 is 10.6 Å². The number of nitrogens with zero attached hydrogens (tertiary/aromatic N) is 1. The summed E-state index contributed by atoms with van der Waals surface area (Å²) in [4.78, 5) is 2.54. The Bertz CT molecular complexity index is 362. The predicted molar refractivity (Wildman–Crippen MR) is 74.4 cm³/mol. The lowest BCUT2D eigenvalue weighted by Crippen LogP contribution is -2.43. The molecule has 2 unspecified atom stereocenters. The molecule has 2 N–H and O–H groups in total. The molecule has 1 aromatic rings. The van der Waals surface area contributed by atoms with Crippen LogP contribution in [0.4, 0.5) is 5.69 Å². The highest BCUT2D eigenvalue weighted by Crippen LogP contribution is 2.28. The minimum atomic E-state index is 0.395. The van der Waals surface area contributed by atoms with Crippen molar-refractivity contribution in [2.75, 3.05) is 11.4 Å². The summed E-state index contributed by atoms with van der Waals surface area (Å²) >= 11 is 0. The number of anilines is 1. The lowest BCUT2D eigenvalue weighted by Gasteiger charge is -2.38. The van der Waals surface area contributed by atoms with Crippen molar-refractivity contribution in [3.8, 4) is 0 Å². The molecule has 2 rings (SSSR count). The van der Waals surface area contributed by atoms with Gasteiger partial charge in [0.2, 0.25) is 0 Å². The molecule has 2 nitrogen and oxygen atoms in total. The van der Waals surface area contributed by atoms with E-state index in [-0.39, 0.29) is 0 Å². The van der Waals surface area contributed by atoms with Crippen LogP contribution in [-0.4, -0.2) is 18.6 Å². The second-order valence-electron chi connectivity index (χ2n) is 5.15. The lowest BCUT2D eigenvalue weighted by atomic mass is 9.90. The van der Waals surface area contributed by atoms with E-state index in [0.29, 0.717) is 12.1 Å². The first-order chi connectivity index (χ1) is 8.22. The van der Waals surface area contributed by atoms with Gasteiger partial charge in [-0.1, -0.05) is 18.2 Å². The molecule has 1 saturated carbocycles. The maximum Gasteiger partial charge on any atom is 0.0398 e. The molecule has 1 aromatic carbocycles. The van der Waals surface area contributed by atoms with Crippen molar-refractivity contribution in [1.82, 2.24) is 0 Å². The van der Waals surface area contributed by atoms with E-state index >= 15 is 0 Å². The first-order valence-electron chi connectivity index (χ1n) is 6.80. The molecule has 1 aliphatic carbocycles. The Hall–Kier alpha value is -1.02. The lowest BCUT2D eigenvalue weighted by molar-refractivity contribution is 0.375. The van der Waals surface area contributed by atoms with Crippen molar-refractivity contribution in [3.63, 3.8) is 0 Å². The number of para-hydroxylation sites is 1. The molecule has 17 heavy (non-hydrogen) atoms. The fourth-order valence-electron chi connectivity index (χ4n) is 2.99. The molecule has 0 bridgehead atoms. The second-order valence-corrected chi connectivity index (χ2v) is 5.15. The van der Waals surface area contributed by atoms with Gasteiger partial charge in [-0.25, -0.2) is 0 Å². The Morgan fingerprint density at radius 2 is 2.06 bits per heavy atom. The van der Waals surface area contributed by atoms with Gasteiger partial charge in [-0.05, 0) is 51.2 Å². The van der Waals surface area contributed by atoms with E-state index in [1.165, 1.54) is 30.5 Å². The number of nitrogens with two attached hydrogens (primary N) is 1. The monoisotopic (exact) mass is 232 g/mol. The summed E-state index contributed by atoms with van der Waals surface area (Å²) in [6.45, 7) is 5.51. The van der Waals surface area contributed by atoms with E-state index in [9.17, 15) is 0 Å². The van der Waals surface area contributed by atoms with Gasteiger partial charge in [0.25, 0.3) is 0 Å². The predicted octanol–water partition coefficient (Wildman–Crippen LogP) is 3.09. The summed E-state index contributed by atoms with van der Waals surface area (Å²) < 4.78 is 0. The molecule has 2 atom stereocenters. The van der Waals surface area contributed by atoms with Gasteiger partial charge in [0.05, 0.1) is 0 Å². The third-order valence-corrected chi connectivity index (χ3v) is 3.89. The quantitative estimate of drug-likeness (QED) is 0.867. The van der Waals surface area contributed by atoms with Crippen LogP contribution in [0.1, 0.15) is 38.2 Å². The molecule has 0 aromatic heterocycles. The Labute approximate surface area is 105 Å². The Kier molecular flexibility index (Phi) is 4.06. The molecule has 94 valence electrons. The number of hydrogen-bond acceptors (Lipinski definition) is 2. The average Bonchev–Trinajstić information content (AvgIpc) is 2.33. The van der Waals surface area contributed by atoms with Gasteiger partial charge in [0.1, 0.15) is 0 Å².